The Kier molecular flexibility index (Phi) is 5.81. The summed E-state index contributed by atoms with van der Waals surface area (Å²) in [5.74, 6) is 0.557. The van der Waals surface area contributed by atoms with Crippen molar-refractivity contribution in [2.24, 2.45) is 5.41 Å². The molecule has 3 nitrogen and oxygen atoms in total. The molecule has 1 aromatic rings. The first-order chi connectivity index (χ1) is 9.90. The molecule has 21 heavy (non-hydrogen) atoms. The van der Waals surface area contributed by atoms with Gasteiger partial charge in [-0.1, -0.05) is 49.4 Å². The molecule has 0 radical (unpaired) electrons. The van der Waals surface area contributed by atoms with Crippen LogP contribution in [0.4, 0.5) is 0 Å². The topological polar surface area (TPSA) is 43.4 Å². The highest BCUT2D eigenvalue weighted by molar-refractivity contribution is 8.13. The molecular formula is C15H20Cl2O3S. The van der Waals surface area contributed by atoms with Crippen LogP contribution in [0.1, 0.15) is 38.5 Å². The van der Waals surface area contributed by atoms with Crippen LogP contribution >= 0.6 is 22.3 Å². The second-order valence-corrected chi connectivity index (χ2v) is 9.00. The van der Waals surface area contributed by atoms with Crippen LogP contribution in [-0.4, -0.2) is 20.8 Å². The average molecular weight is 351 g/mol. The number of halogens is 2. The van der Waals surface area contributed by atoms with E-state index in [1.54, 1.807) is 12.1 Å². The Morgan fingerprint density at radius 1 is 1.10 bits per heavy atom. The Labute approximate surface area is 136 Å². The lowest BCUT2D eigenvalue weighted by molar-refractivity contribution is 0.146. The van der Waals surface area contributed by atoms with Crippen LogP contribution < -0.4 is 4.74 Å². The zero-order chi connectivity index (χ0) is 15.3. The Hall–Kier alpha value is -0.450. The molecule has 1 fully saturated rings. The van der Waals surface area contributed by atoms with E-state index in [1.807, 2.05) is 12.1 Å². The molecule has 118 valence electrons. The van der Waals surface area contributed by atoms with E-state index in [1.165, 1.54) is 0 Å². The minimum absolute atomic E-state index is 0.0357. The first-order valence-corrected chi connectivity index (χ1v) is 10.1. The van der Waals surface area contributed by atoms with E-state index in [9.17, 15) is 8.42 Å². The number of ether oxygens (including phenoxy) is 1. The summed E-state index contributed by atoms with van der Waals surface area (Å²) in [4.78, 5) is 0. The number of hydrogen-bond acceptors (Lipinski definition) is 3. The van der Waals surface area contributed by atoms with Crippen molar-refractivity contribution in [2.75, 3.05) is 12.4 Å². The molecule has 0 spiro atoms. The van der Waals surface area contributed by atoms with Crippen LogP contribution in [-0.2, 0) is 9.05 Å². The second-order valence-electron chi connectivity index (χ2n) is 5.82. The molecule has 0 unspecified atom stereocenters. The summed E-state index contributed by atoms with van der Waals surface area (Å²) in [6, 6.07) is 7.23. The molecule has 1 aliphatic rings. The summed E-state index contributed by atoms with van der Waals surface area (Å²) in [6.07, 6.45) is 5.94. The molecule has 0 aliphatic heterocycles. The van der Waals surface area contributed by atoms with Gasteiger partial charge in [0.05, 0.1) is 17.4 Å². The van der Waals surface area contributed by atoms with E-state index >= 15 is 0 Å². The largest absolute Gasteiger partial charge is 0.491 e. The van der Waals surface area contributed by atoms with Crippen molar-refractivity contribution in [2.45, 2.75) is 38.5 Å². The summed E-state index contributed by atoms with van der Waals surface area (Å²) in [6.45, 7) is 0.336. The number of hydrogen-bond donors (Lipinski definition) is 0. The first kappa shape index (κ1) is 16.9. The van der Waals surface area contributed by atoms with Gasteiger partial charge in [-0.3, -0.25) is 0 Å². The van der Waals surface area contributed by atoms with Gasteiger partial charge in [0.2, 0.25) is 9.05 Å². The molecule has 0 atom stereocenters. The highest BCUT2D eigenvalue weighted by Gasteiger charge is 2.36. The Morgan fingerprint density at radius 2 is 1.71 bits per heavy atom. The van der Waals surface area contributed by atoms with Gasteiger partial charge in [-0.2, -0.15) is 0 Å². The summed E-state index contributed by atoms with van der Waals surface area (Å²) in [5.41, 5.74) is -0.406. The predicted molar refractivity (Wildman–Crippen MR) is 86.7 cm³/mol. The lowest BCUT2D eigenvalue weighted by atomic mass is 9.83. The van der Waals surface area contributed by atoms with Crippen LogP contribution in [0, 0.1) is 5.41 Å². The maximum atomic E-state index is 11.6. The fourth-order valence-electron chi connectivity index (χ4n) is 2.97. The molecule has 6 heteroatoms. The van der Waals surface area contributed by atoms with Crippen molar-refractivity contribution >= 4 is 31.3 Å². The van der Waals surface area contributed by atoms with Crippen LogP contribution in [0.5, 0.6) is 5.75 Å². The molecule has 1 aliphatic carbocycles. The highest BCUT2D eigenvalue weighted by atomic mass is 35.7. The minimum Gasteiger partial charge on any atom is -0.491 e. The molecule has 0 aromatic heterocycles. The van der Waals surface area contributed by atoms with E-state index in [0.717, 1.165) is 38.5 Å². The maximum absolute atomic E-state index is 11.6. The minimum atomic E-state index is -3.55. The van der Waals surface area contributed by atoms with E-state index in [4.69, 9.17) is 27.0 Å². The van der Waals surface area contributed by atoms with Gasteiger partial charge in [0.1, 0.15) is 5.75 Å². The summed E-state index contributed by atoms with van der Waals surface area (Å²) >= 11 is 6.08. The standard InChI is InChI=1S/C15H20Cl2O3S/c16-13-7-3-4-8-14(13)20-11-15(12-21(17,18)19)9-5-1-2-6-10-15/h3-4,7-8H,1-2,5-6,9-12H2. The van der Waals surface area contributed by atoms with Gasteiger partial charge >= 0.3 is 0 Å². The van der Waals surface area contributed by atoms with Crippen molar-refractivity contribution in [3.05, 3.63) is 29.3 Å². The number of para-hydroxylation sites is 1. The van der Waals surface area contributed by atoms with E-state index in [0.29, 0.717) is 17.4 Å². The molecule has 0 N–H and O–H groups in total. The Morgan fingerprint density at radius 3 is 2.29 bits per heavy atom. The normalized spacial score (nSPS) is 19.0. The third-order valence-corrected chi connectivity index (χ3v) is 5.61. The highest BCUT2D eigenvalue weighted by Crippen LogP contribution is 2.38. The lowest BCUT2D eigenvalue weighted by Crippen LogP contribution is -2.34. The quantitative estimate of drug-likeness (QED) is 0.574. The van der Waals surface area contributed by atoms with E-state index in [-0.39, 0.29) is 5.75 Å². The van der Waals surface area contributed by atoms with E-state index in [2.05, 4.69) is 0 Å². The molecular weight excluding hydrogens is 331 g/mol. The van der Waals surface area contributed by atoms with Gasteiger partial charge in [0.15, 0.2) is 0 Å². The summed E-state index contributed by atoms with van der Waals surface area (Å²) in [5, 5.41) is 0.537. The average Bonchev–Trinajstić information content (AvgIpc) is 2.62. The van der Waals surface area contributed by atoms with Gasteiger partial charge in [-0.25, -0.2) is 8.42 Å². The molecule has 0 heterocycles. The van der Waals surface area contributed by atoms with Crippen LogP contribution in [0.15, 0.2) is 24.3 Å². The first-order valence-electron chi connectivity index (χ1n) is 7.20. The Bertz CT molecular complexity index is 564. The van der Waals surface area contributed by atoms with E-state index < -0.39 is 14.5 Å². The van der Waals surface area contributed by atoms with Crippen molar-refractivity contribution in [1.29, 1.82) is 0 Å². The second kappa shape index (κ2) is 7.21. The van der Waals surface area contributed by atoms with Crippen molar-refractivity contribution in [3.8, 4) is 5.75 Å². The summed E-state index contributed by atoms with van der Waals surface area (Å²) in [7, 11) is 1.96. The summed E-state index contributed by atoms with van der Waals surface area (Å²) < 4.78 is 29.0. The van der Waals surface area contributed by atoms with Gasteiger partial charge in [-0.15, -0.1) is 0 Å². The fraction of sp³-hybridized carbons (Fsp3) is 0.600. The molecule has 0 bridgehead atoms. The number of benzene rings is 1. The molecule has 0 saturated heterocycles. The van der Waals surface area contributed by atoms with Crippen LogP contribution in [0.25, 0.3) is 0 Å². The maximum Gasteiger partial charge on any atom is 0.233 e. The number of rotatable bonds is 5. The third-order valence-electron chi connectivity index (χ3n) is 4.01. The van der Waals surface area contributed by atoms with Gasteiger partial charge < -0.3 is 4.74 Å². The SMILES string of the molecule is O=S(=O)(Cl)CC1(COc2ccccc2Cl)CCCCCC1. The van der Waals surface area contributed by atoms with Gasteiger partial charge in [0.25, 0.3) is 0 Å². The third kappa shape index (κ3) is 5.35. The molecule has 1 aromatic carbocycles. The smallest absolute Gasteiger partial charge is 0.233 e. The van der Waals surface area contributed by atoms with Gasteiger partial charge in [0, 0.05) is 16.1 Å². The monoisotopic (exact) mass is 350 g/mol. The lowest BCUT2D eigenvalue weighted by Gasteiger charge is -2.31. The van der Waals surface area contributed by atoms with Crippen molar-refractivity contribution in [1.82, 2.24) is 0 Å². The zero-order valence-corrected chi connectivity index (χ0v) is 14.2. The molecule has 0 amide bonds. The van der Waals surface area contributed by atoms with Crippen LogP contribution in [0.3, 0.4) is 0 Å². The Balaban J connectivity index is 2.14. The van der Waals surface area contributed by atoms with Gasteiger partial charge in [-0.05, 0) is 25.0 Å². The molecule has 1 saturated carbocycles. The fourth-order valence-corrected chi connectivity index (χ4v) is 4.96. The zero-order valence-electron chi connectivity index (χ0n) is 11.9. The molecule has 2 rings (SSSR count). The van der Waals surface area contributed by atoms with Crippen molar-refractivity contribution < 1.29 is 13.2 Å². The predicted octanol–water partition coefficient (Wildman–Crippen LogP) is 4.63. The van der Waals surface area contributed by atoms with Crippen molar-refractivity contribution in [3.63, 3.8) is 0 Å². The van der Waals surface area contributed by atoms with Crippen LogP contribution in [0.2, 0.25) is 5.02 Å².